The van der Waals surface area contributed by atoms with Gasteiger partial charge in [-0.15, -0.1) is 0 Å². The molecule has 2 aromatic carbocycles. The van der Waals surface area contributed by atoms with Crippen LogP contribution in [-0.2, 0) is 9.59 Å². The summed E-state index contributed by atoms with van der Waals surface area (Å²) in [6, 6.07) is 8.34. The normalized spacial score (nSPS) is 20.7. The van der Waals surface area contributed by atoms with Gasteiger partial charge in [0.05, 0.1) is 6.54 Å². The second-order valence-electron chi connectivity index (χ2n) is 12.2. The van der Waals surface area contributed by atoms with Crippen LogP contribution in [0.15, 0.2) is 36.4 Å². The van der Waals surface area contributed by atoms with E-state index in [2.05, 4.69) is 10.6 Å². The molecule has 4 amide bonds. The Morgan fingerprint density at radius 2 is 1.73 bits per heavy atom. The second-order valence-corrected chi connectivity index (χ2v) is 12.2. The lowest BCUT2D eigenvalue weighted by atomic mass is 9.83. The summed E-state index contributed by atoms with van der Waals surface area (Å²) >= 11 is 0. The Morgan fingerprint density at radius 3 is 2.41 bits per heavy atom. The van der Waals surface area contributed by atoms with Crippen LogP contribution in [0.1, 0.15) is 77.6 Å². The van der Waals surface area contributed by atoms with Crippen molar-refractivity contribution in [2.24, 2.45) is 0 Å². The first-order valence-electron chi connectivity index (χ1n) is 15.5. The molecular formula is C33H42FN5O5. The van der Waals surface area contributed by atoms with Crippen molar-refractivity contribution in [3.05, 3.63) is 58.9 Å². The summed E-state index contributed by atoms with van der Waals surface area (Å²) in [5.74, 6) is -0.991. The molecule has 2 saturated heterocycles. The number of piperazine rings is 1. The maximum Gasteiger partial charge on any atom is 0.254 e. The third-order valence-corrected chi connectivity index (χ3v) is 8.73. The summed E-state index contributed by atoms with van der Waals surface area (Å²) in [7, 11) is 3.23. The zero-order valence-electron chi connectivity index (χ0n) is 25.7. The van der Waals surface area contributed by atoms with Crippen LogP contribution in [0.5, 0.6) is 5.75 Å². The molecule has 11 heteroatoms. The third kappa shape index (κ3) is 7.20. The number of likely N-dealkylation sites (N-methyl/N-ethyl adjacent to an activating group) is 1. The van der Waals surface area contributed by atoms with Gasteiger partial charge in [0.25, 0.3) is 11.8 Å². The SMILES string of the molecule is CC(=O)Nc1cc(F)cc(C(=O)N2CCN(C(=O)c3ccc(O[C@H]4CCNC4)c(C4CCCCC4)c3)C(C(=O)N(C)C)C2)c1. The number of halogens is 1. The number of anilines is 1. The lowest BCUT2D eigenvalue weighted by Crippen LogP contribution is -2.61. The minimum Gasteiger partial charge on any atom is -0.489 e. The van der Waals surface area contributed by atoms with E-state index in [9.17, 15) is 23.6 Å². The molecule has 3 aliphatic rings. The van der Waals surface area contributed by atoms with E-state index >= 15 is 0 Å². The average molecular weight is 608 g/mol. The van der Waals surface area contributed by atoms with Crippen molar-refractivity contribution in [3.8, 4) is 5.75 Å². The van der Waals surface area contributed by atoms with E-state index in [0.29, 0.717) is 11.5 Å². The minimum atomic E-state index is -0.919. The van der Waals surface area contributed by atoms with Gasteiger partial charge in [-0.25, -0.2) is 4.39 Å². The number of carbonyl (C=O) groups is 4. The fraction of sp³-hybridized carbons (Fsp3) is 0.515. The molecule has 0 aromatic heterocycles. The molecule has 0 bridgehead atoms. The van der Waals surface area contributed by atoms with E-state index in [4.69, 9.17) is 4.74 Å². The van der Waals surface area contributed by atoms with Crippen LogP contribution in [0.25, 0.3) is 0 Å². The molecular weight excluding hydrogens is 565 g/mol. The molecule has 0 radical (unpaired) electrons. The highest BCUT2D eigenvalue weighted by atomic mass is 19.1. The van der Waals surface area contributed by atoms with E-state index in [0.717, 1.165) is 68.6 Å². The lowest BCUT2D eigenvalue weighted by Gasteiger charge is -2.41. The monoisotopic (exact) mass is 607 g/mol. The average Bonchev–Trinajstić information content (AvgIpc) is 3.53. The van der Waals surface area contributed by atoms with E-state index in [1.165, 1.54) is 29.2 Å². The van der Waals surface area contributed by atoms with E-state index < -0.39 is 17.8 Å². The summed E-state index contributed by atoms with van der Waals surface area (Å²) in [6.07, 6.45) is 6.61. The van der Waals surface area contributed by atoms with Gasteiger partial charge in [0, 0.05) is 57.5 Å². The van der Waals surface area contributed by atoms with Gasteiger partial charge < -0.3 is 30.1 Å². The van der Waals surface area contributed by atoms with Crippen molar-refractivity contribution in [1.29, 1.82) is 0 Å². The van der Waals surface area contributed by atoms with Crippen molar-refractivity contribution in [1.82, 2.24) is 20.0 Å². The first-order chi connectivity index (χ1) is 21.1. The van der Waals surface area contributed by atoms with Gasteiger partial charge >= 0.3 is 0 Å². The number of hydrogen-bond acceptors (Lipinski definition) is 6. The van der Waals surface area contributed by atoms with Gasteiger partial charge in [-0.05, 0) is 73.7 Å². The number of carbonyl (C=O) groups excluding carboxylic acids is 4. The van der Waals surface area contributed by atoms with Gasteiger partial charge in [0.15, 0.2) is 0 Å². The third-order valence-electron chi connectivity index (χ3n) is 8.73. The Kier molecular flexibility index (Phi) is 9.83. The predicted octanol–water partition coefficient (Wildman–Crippen LogP) is 3.63. The molecule has 0 spiro atoms. The Balaban J connectivity index is 1.39. The van der Waals surface area contributed by atoms with Crippen LogP contribution in [0.2, 0.25) is 0 Å². The van der Waals surface area contributed by atoms with Crippen LogP contribution in [0, 0.1) is 5.82 Å². The molecule has 1 aliphatic carbocycles. The van der Waals surface area contributed by atoms with Gasteiger partial charge in [0.1, 0.15) is 23.7 Å². The molecule has 2 aromatic rings. The number of benzene rings is 2. The fourth-order valence-electron chi connectivity index (χ4n) is 6.49. The van der Waals surface area contributed by atoms with Crippen LogP contribution in [0.3, 0.4) is 0 Å². The van der Waals surface area contributed by atoms with E-state index in [-0.39, 0.29) is 54.7 Å². The highest BCUT2D eigenvalue weighted by molar-refractivity contribution is 6.00. The van der Waals surface area contributed by atoms with Crippen molar-refractivity contribution in [3.63, 3.8) is 0 Å². The number of rotatable bonds is 7. The van der Waals surface area contributed by atoms with Crippen LogP contribution >= 0.6 is 0 Å². The molecule has 44 heavy (non-hydrogen) atoms. The fourth-order valence-corrected chi connectivity index (χ4v) is 6.49. The van der Waals surface area contributed by atoms with Crippen LogP contribution < -0.4 is 15.4 Å². The molecule has 2 aliphatic heterocycles. The van der Waals surface area contributed by atoms with E-state index in [1.807, 2.05) is 12.1 Å². The molecule has 236 valence electrons. The van der Waals surface area contributed by atoms with Crippen molar-refractivity contribution in [2.45, 2.75) is 63.5 Å². The quantitative estimate of drug-likeness (QED) is 0.498. The summed E-state index contributed by atoms with van der Waals surface area (Å²) in [5, 5.41) is 5.84. The zero-order chi connectivity index (χ0) is 31.4. The highest BCUT2D eigenvalue weighted by Crippen LogP contribution is 2.39. The minimum absolute atomic E-state index is 0.0427. The van der Waals surface area contributed by atoms with Gasteiger partial charge in [-0.1, -0.05) is 19.3 Å². The Hall–Kier alpha value is -3.99. The predicted molar refractivity (Wildman–Crippen MR) is 164 cm³/mol. The summed E-state index contributed by atoms with van der Waals surface area (Å²) in [4.78, 5) is 56.9. The lowest BCUT2D eigenvalue weighted by molar-refractivity contribution is -0.135. The topological polar surface area (TPSA) is 111 Å². The van der Waals surface area contributed by atoms with Crippen molar-refractivity contribution >= 4 is 29.3 Å². The second kappa shape index (κ2) is 13.8. The first-order valence-corrected chi connectivity index (χ1v) is 15.5. The first kappa shape index (κ1) is 31.4. The molecule has 1 saturated carbocycles. The van der Waals surface area contributed by atoms with Crippen molar-refractivity contribution < 1.29 is 28.3 Å². The zero-order valence-corrected chi connectivity index (χ0v) is 25.7. The smallest absolute Gasteiger partial charge is 0.254 e. The Bertz CT molecular complexity index is 1400. The van der Waals surface area contributed by atoms with Crippen LogP contribution in [-0.4, -0.2) is 97.3 Å². The maximum atomic E-state index is 14.3. The molecule has 2 heterocycles. The van der Waals surface area contributed by atoms with Gasteiger partial charge in [-0.2, -0.15) is 0 Å². The number of ether oxygens (including phenoxy) is 1. The molecule has 5 rings (SSSR count). The number of nitrogens with one attached hydrogen (secondary N) is 2. The van der Waals surface area contributed by atoms with Crippen LogP contribution in [0.4, 0.5) is 10.1 Å². The summed E-state index contributed by atoms with van der Waals surface area (Å²) in [5.41, 5.74) is 1.76. The Morgan fingerprint density at radius 1 is 0.955 bits per heavy atom. The van der Waals surface area contributed by atoms with Crippen molar-refractivity contribution in [2.75, 3.05) is 52.1 Å². The largest absolute Gasteiger partial charge is 0.489 e. The maximum absolute atomic E-state index is 14.3. The van der Waals surface area contributed by atoms with E-state index in [1.54, 1.807) is 25.1 Å². The molecule has 2 atom stereocenters. The number of amides is 4. The summed E-state index contributed by atoms with van der Waals surface area (Å²) in [6.45, 7) is 3.27. The molecule has 3 fully saturated rings. The molecule has 10 nitrogen and oxygen atoms in total. The standard InChI is InChI=1S/C33H42FN5O5/c1-21(40)36-26-16-24(15-25(34)18-26)31(41)38-13-14-39(29(20-38)33(43)37(2)3)32(42)23-9-10-30(44-27-11-12-35-19-27)28(17-23)22-7-5-4-6-8-22/h9-10,15-18,22,27,29,35H,4-8,11-14,19-20H2,1-3H3,(H,36,40)/t27-,29?/m0/s1. The molecule has 2 N–H and O–H groups in total. The number of nitrogens with zero attached hydrogens (tertiary/aromatic N) is 3. The van der Waals surface area contributed by atoms with Gasteiger partial charge in [-0.3, -0.25) is 19.2 Å². The van der Waals surface area contributed by atoms with Gasteiger partial charge in [0.2, 0.25) is 11.8 Å². The highest BCUT2D eigenvalue weighted by Gasteiger charge is 2.39. The Labute approximate surface area is 257 Å². The molecule has 1 unspecified atom stereocenters. The number of hydrogen-bond donors (Lipinski definition) is 2. The summed E-state index contributed by atoms with van der Waals surface area (Å²) < 4.78 is 20.7.